The van der Waals surface area contributed by atoms with E-state index in [1.54, 1.807) is 24.3 Å². The van der Waals surface area contributed by atoms with E-state index in [1.165, 1.54) is 26.4 Å². The van der Waals surface area contributed by atoms with Crippen LogP contribution in [0.15, 0.2) is 42.6 Å². The Kier molecular flexibility index (Phi) is 6.72. The third-order valence-electron chi connectivity index (χ3n) is 5.47. The maximum Gasteiger partial charge on any atom is 0.387 e. The summed E-state index contributed by atoms with van der Waals surface area (Å²) in [6.07, 6.45) is 4.09. The molecule has 8 nitrogen and oxygen atoms in total. The van der Waals surface area contributed by atoms with Crippen molar-refractivity contribution < 1.29 is 39.1 Å². The average Bonchev–Trinajstić information content (AvgIpc) is 3.36. The number of hydrogen-bond donors (Lipinski definition) is 6. The monoisotopic (exact) mass is 452 g/mol. The van der Waals surface area contributed by atoms with Crippen LogP contribution < -0.4 is 4.74 Å². The lowest BCUT2D eigenvalue weighted by Crippen LogP contribution is -2.60. The number of benzene rings is 2. The van der Waals surface area contributed by atoms with Crippen LogP contribution in [0.5, 0.6) is 11.5 Å². The first-order valence-electron chi connectivity index (χ1n) is 9.88. The van der Waals surface area contributed by atoms with Gasteiger partial charge in [-0.2, -0.15) is 8.78 Å². The molecule has 0 fully saturated rings. The van der Waals surface area contributed by atoms with Gasteiger partial charge in [0.1, 0.15) is 11.5 Å². The summed E-state index contributed by atoms with van der Waals surface area (Å²) in [5.41, 5.74) is 2.32. The van der Waals surface area contributed by atoms with Crippen LogP contribution in [0.4, 0.5) is 8.78 Å². The van der Waals surface area contributed by atoms with Crippen LogP contribution in [0.2, 0.25) is 0 Å². The lowest BCUT2D eigenvalue weighted by Gasteiger charge is -2.38. The average molecular weight is 452 g/mol. The van der Waals surface area contributed by atoms with Crippen molar-refractivity contribution in [2.45, 2.75) is 37.6 Å². The number of likely N-dealkylation sites (N-methyl/N-ethyl adjacent to an activating group) is 1. The van der Waals surface area contributed by atoms with Crippen molar-refractivity contribution >= 4 is 10.9 Å². The second-order valence-electron chi connectivity index (χ2n) is 7.73. The maximum absolute atomic E-state index is 12.0. The van der Waals surface area contributed by atoms with Gasteiger partial charge >= 0.3 is 6.61 Å². The van der Waals surface area contributed by atoms with Crippen molar-refractivity contribution in [3.63, 3.8) is 0 Å². The molecule has 0 amide bonds. The van der Waals surface area contributed by atoms with Gasteiger partial charge in [-0.05, 0) is 62.7 Å². The Balaban J connectivity index is 0.000000193. The highest BCUT2D eigenvalue weighted by Gasteiger charge is 2.52. The van der Waals surface area contributed by atoms with Gasteiger partial charge in [0.15, 0.2) is 0 Å². The number of fused-ring (bicyclic) bond motifs is 2. The molecular formula is C22H26F2N2O6. The van der Waals surface area contributed by atoms with Crippen LogP contribution in [0.3, 0.4) is 0 Å². The second kappa shape index (κ2) is 9.00. The fourth-order valence-corrected chi connectivity index (χ4v) is 3.72. The van der Waals surface area contributed by atoms with Crippen LogP contribution in [-0.4, -0.2) is 62.0 Å². The molecule has 0 spiro atoms. The molecule has 0 unspecified atom stereocenters. The van der Waals surface area contributed by atoms with Gasteiger partial charge in [0, 0.05) is 17.3 Å². The lowest BCUT2D eigenvalue weighted by molar-refractivity contribution is -0.413. The van der Waals surface area contributed by atoms with Crippen molar-refractivity contribution in [2.75, 3.05) is 14.1 Å². The molecule has 3 aromatic rings. The number of phenols is 1. The van der Waals surface area contributed by atoms with Gasteiger partial charge in [-0.25, -0.2) is 0 Å². The van der Waals surface area contributed by atoms with E-state index in [1.807, 2.05) is 6.07 Å². The summed E-state index contributed by atoms with van der Waals surface area (Å²) in [5, 5.41) is 49.7. The molecule has 1 aliphatic rings. The summed E-state index contributed by atoms with van der Waals surface area (Å²) in [4.78, 5) is 3.56. The molecule has 0 saturated heterocycles. The molecule has 4 rings (SSSR count). The van der Waals surface area contributed by atoms with Crippen molar-refractivity contribution in [3.05, 3.63) is 59.3 Å². The second-order valence-corrected chi connectivity index (χ2v) is 7.73. The minimum absolute atomic E-state index is 0.113. The number of halogens is 2. The van der Waals surface area contributed by atoms with Crippen molar-refractivity contribution in [1.29, 1.82) is 0 Å². The van der Waals surface area contributed by atoms with Crippen molar-refractivity contribution in [2.24, 2.45) is 0 Å². The van der Waals surface area contributed by atoms with Crippen LogP contribution >= 0.6 is 0 Å². The van der Waals surface area contributed by atoms with E-state index in [2.05, 4.69) is 9.72 Å². The highest BCUT2D eigenvalue weighted by Crippen LogP contribution is 2.38. The third kappa shape index (κ3) is 4.41. The van der Waals surface area contributed by atoms with Gasteiger partial charge in [0.2, 0.25) is 0 Å². The largest absolute Gasteiger partial charge is 0.507 e. The molecule has 1 heterocycles. The molecule has 1 aromatic heterocycles. The number of alkyl halides is 2. The van der Waals surface area contributed by atoms with Gasteiger partial charge < -0.3 is 35.3 Å². The first kappa shape index (κ1) is 23.9. The molecule has 2 aromatic carbocycles. The number of ether oxygens (including phenoxy) is 1. The Morgan fingerprint density at radius 3 is 2.38 bits per heavy atom. The third-order valence-corrected chi connectivity index (χ3v) is 5.47. The van der Waals surface area contributed by atoms with Gasteiger partial charge in [0.05, 0.1) is 5.39 Å². The molecule has 10 heteroatoms. The highest BCUT2D eigenvalue weighted by molar-refractivity contribution is 5.89. The zero-order valence-corrected chi connectivity index (χ0v) is 17.6. The quantitative estimate of drug-likeness (QED) is 0.327. The minimum atomic E-state index is -2.99. The Bertz CT molecular complexity index is 1080. The maximum atomic E-state index is 12.0. The Morgan fingerprint density at radius 2 is 1.72 bits per heavy atom. The predicted molar refractivity (Wildman–Crippen MR) is 112 cm³/mol. The van der Waals surface area contributed by atoms with Crippen LogP contribution in [0, 0.1) is 0 Å². The Labute approximate surface area is 182 Å². The van der Waals surface area contributed by atoms with E-state index in [4.69, 9.17) is 0 Å². The molecule has 0 saturated carbocycles. The summed E-state index contributed by atoms with van der Waals surface area (Å²) < 4.78 is 28.4. The number of aliphatic hydroxyl groups is 4. The molecular weight excluding hydrogens is 426 g/mol. The lowest BCUT2D eigenvalue weighted by atomic mass is 10.00. The first-order chi connectivity index (χ1) is 15.0. The van der Waals surface area contributed by atoms with E-state index in [0.29, 0.717) is 11.3 Å². The highest BCUT2D eigenvalue weighted by atomic mass is 19.3. The normalized spacial score (nSPS) is 13.9. The van der Waals surface area contributed by atoms with Crippen LogP contribution in [-0.2, 0) is 18.6 Å². The first-order valence-corrected chi connectivity index (χ1v) is 9.88. The number of aromatic nitrogens is 1. The standard InChI is InChI=1S/C12H16N2O5.C10H10F2O/c1-14(2)12(18,19)11(16,17)7-6-13-8-4-3-5-9(15)10(7)8;11-10(12)13-9-6-2-4-7-3-1-5-8(7)9/h3-6,13,15-19H,1-2H3;2,4,6,10H,1,3,5H2. The molecule has 1 aliphatic carbocycles. The summed E-state index contributed by atoms with van der Waals surface area (Å²) in [7, 11) is 2.55. The van der Waals surface area contributed by atoms with E-state index < -0.39 is 18.3 Å². The number of phenolic OH excluding ortho intramolecular Hbond substituents is 1. The summed E-state index contributed by atoms with van der Waals surface area (Å²) >= 11 is 0. The van der Waals surface area contributed by atoms with Crippen molar-refractivity contribution in [1.82, 2.24) is 9.88 Å². The van der Waals surface area contributed by atoms with Crippen LogP contribution in [0.1, 0.15) is 23.1 Å². The van der Waals surface area contributed by atoms with E-state index >= 15 is 0 Å². The SMILES string of the molecule is CN(C)C(O)(O)C(O)(O)c1c[nH]c2cccc(O)c12.FC(F)Oc1cccc2c1CCC2. The smallest absolute Gasteiger partial charge is 0.387 e. The number of nitrogens with one attached hydrogen (secondary N) is 1. The Morgan fingerprint density at radius 1 is 1.03 bits per heavy atom. The molecule has 6 N–H and O–H groups in total. The molecule has 174 valence electrons. The van der Waals surface area contributed by atoms with Gasteiger partial charge in [-0.3, -0.25) is 4.90 Å². The Hall–Kier alpha value is -2.76. The van der Waals surface area contributed by atoms with E-state index in [9.17, 15) is 34.3 Å². The van der Waals surface area contributed by atoms with E-state index in [-0.39, 0.29) is 16.7 Å². The van der Waals surface area contributed by atoms with E-state index in [0.717, 1.165) is 35.3 Å². The topological polar surface area (TPSA) is 129 Å². The number of aromatic amines is 1. The molecule has 0 radical (unpaired) electrons. The fourth-order valence-electron chi connectivity index (χ4n) is 3.72. The summed E-state index contributed by atoms with van der Waals surface area (Å²) in [6, 6.07) is 9.90. The molecule has 32 heavy (non-hydrogen) atoms. The number of aryl methyl sites for hydroxylation is 1. The van der Waals surface area contributed by atoms with Crippen LogP contribution in [0.25, 0.3) is 10.9 Å². The fraction of sp³-hybridized carbons (Fsp3) is 0.364. The number of hydrogen-bond acceptors (Lipinski definition) is 7. The molecule has 0 aliphatic heterocycles. The van der Waals surface area contributed by atoms with Gasteiger partial charge in [-0.15, -0.1) is 0 Å². The predicted octanol–water partition coefficient (Wildman–Crippen LogP) is 1.99. The molecule has 0 atom stereocenters. The van der Waals surface area contributed by atoms with Gasteiger partial charge in [-0.1, -0.05) is 18.2 Å². The zero-order chi connectivity index (χ0) is 23.7. The number of aromatic hydroxyl groups is 1. The summed E-state index contributed by atoms with van der Waals surface area (Å²) in [5.74, 6) is -5.77. The number of H-pyrrole nitrogens is 1. The minimum Gasteiger partial charge on any atom is -0.507 e. The van der Waals surface area contributed by atoms with Gasteiger partial charge in [0.25, 0.3) is 11.7 Å². The summed E-state index contributed by atoms with van der Waals surface area (Å²) in [6.45, 7) is -2.72. The number of rotatable bonds is 5. The molecule has 0 bridgehead atoms. The zero-order valence-electron chi connectivity index (χ0n) is 17.6. The number of nitrogens with zero attached hydrogens (tertiary/aromatic N) is 1. The van der Waals surface area contributed by atoms with Crippen molar-refractivity contribution in [3.8, 4) is 11.5 Å².